The molecule has 2 heterocycles. The van der Waals surface area contributed by atoms with Gasteiger partial charge in [0.05, 0.1) is 11.1 Å². The molecule has 0 saturated heterocycles. The first kappa shape index (κ1) is 10.9. The fourth-order valence-electron chi connectivity index (χ4n) is 1.29. The molecule has 0 aromatic carbocycles. The minimum absolute atomic E-state index is 0.442. The molecular formula is C11H15N3O2. The zero-order valence-corrected chi connectivity index (χ0v) is 9.65. The van der Waals surface area contributed by atoms with Crippen LogP contribution < -0.4 is 5.73 Å². The van der Waals surface area contributed by atoms with Crippen molar-refractivity contribution in [3.63, 3.8) is 0 Å². The van der Waals surface area contributed by atoms with Gasteiger partial charge >= 0.3 is 0 Å². The van der Waals surface area contributed by atoms with Crippen LogP contribution in [0.1, 0.15) is 31.9 Å². The molecule has 1 unspecified atom stereocenters. The van der Waals surface area contributed by atoms with Gasteiger partial charge in [0.2, 0.25) is 0 Å². The molecule has 5 heteroatoms. The summed E-state index contributed by atoms with van der Waals surface area (Å²) in [6, 6.07) is 1.84. The lowest BCUT2D eigenvalue weighted by Crippen LogP contribution is -2.33. The van der Waals surface area contributed by atoms with E-state index in [0.29, 0.717) is 11.7 Å². The van der Waals surface area contributed by atoms with Gasteiger partial charge in [-0.15, -0.1) is 0 Å². The molecule has 0 bridgehead atoms. The lowest BCUT2D eigenvalue weighted by atomic mass is 10.0. The molecule has 0 fully saturated rings. The van der Waals surface area contributed by atoms with E-state index in [-0.39, 0.29) is 0 Å². The summed E-state index contributed by atoms with van der Waals surface area (Å²) in [5.74, 6) is 1.77. The second-order valence-electron chi connectivity index (χ2n) is 4.14. The van der Waals surface area contributed by atoms with Crippen molar-refractivity contribution < 1.29 is 8.94 Å². The van der Waals surface area contributed by atoms with E-state index < -0.39 is 5.54 Å². The first-order chi connectivity index (χ1) is 7.53. The standard InChI is InChI=1S/C11H15N3O2/c1-4-11(3,12)10-13-9(16-14-10)8-5-7(2)15-6-8/h5-6H,4,12H2,1-3H3. The van der Waals surface area contributed by atoms with Gasteiger partial charge in [0.15, 0.2) is 5.82 Å². The molecule has 0 aliphatic heterocycles. The van der Waals surface area contributed by atoms with Gasteiger partial charge in [-0.2, -0.15) is 4.98 Å². The summed E-state index contributed by atoms with van der Waals surface area (Å²) in [7, 11) is 0. The average Bonchev–Trinajstić information content (AvgIpc) is 2.85. The molecule has 0 amide bonds. The van der Waals surface area contributed by atoms with Crippen molar-refractivity contribution in [1.82, 2.24) is 10.1 Å². The Bertz CT molecular complexity index is 485. The third-order valence-electron chi connectivity index (χ3n) is 2.65. The summed E-state index contributed by atoms with van der Waals surface area (Å²) >= 11 is 0. The molecule has 0 aliphatic carbocycles. The average molecular weight is 221 g/mol. The Labute approximate surface area is 93.6 Å². The fraction of sp³-hybridized carbons (Fsp3) is 0.455. The summed E-state index contributed by atoms with van der Waals surface area (Å²) in [5, 5.41) is 3.89. The van der Waals surface area contributed by atoms with E-state index in [4.69, 9.17) is 14.7 Å². The maximum atomic E-state index is 6.03. The normalized spacial score (nSPS) is 15.0. The topological polar surface area (TPSA) is 78.1 Å². The van der Waals surface area contributed by atoms with E-state index >= 15 is 0 Å². The maximum Gasteiger partial charge on any atom is 0.261 e. The smallest absolute Gasteiger partial charge is 0.261 e. The number of hydrogen-bond acceptors (Lipinski definition) is 5. The van der Waals surface area contributed by atoms with Crippen molar-refractivity contribution in [2.75, 3.05) is 0 Å². The Kier molecular flexibility index (Phi) is 2.55. The number of nitrogens with zero attached hydrogens (tertiary/aromatic N) is 2. The van der Waals surface area contributed by atoms with E-state index in [9.17, 15) is 0 Å². The molecule has 2 aromatic heterocycles. The van der Waals surface area contributed by atoms with Crippen molar-refractivity contribution in [2.45, 2.75) is 32.7 Å². The summed E-state index contributed by atoms with van der Waals surface area (Å²) < 4.78 is 10.3. The van der Waals surface area contributed by atoms with Gasteiger partial charge in [-0.25, -0.2) is 0 Å². The highest BCUT2D eigenvalue weighted by atomic mass is 16.5. The van der Waals surface area contributed by atoms with Gasteiger partial charge in [-0.3, -0.25) is 0 Å². The lowest BCUT2D eigenvalue weighted by molar-refractivity contribution is 0.378. The molecule has 0 spiro atoms. The predicted molar refractivity (Wildman–Crippen MR) is 58.6 cm³/mol. The first-order valence-electron chi connectivity index (χ1n) is 5.21. The van der Waals surface area contributed by atoms with Crippen molar-refractivity contribution in [3.8, 4) is 11.5 Å². The Morgan fingerprint density at radius 3 is 2.81 bits per heavy atom. The van der Waals surface area contributed by atoms with Crippen LogP contribution in [0.5, 0.6) is 0 Å². The van der Waals surface area contributed by atoms with E-state index in [2.05, 4.69) is 10.1 Å². The van der Waals surface area contributed by atoms with Crippen LogP contribution >= 0.6 is 0 Å². The van der Waals surface area contributed by atoms with Crippen LogP contribution in [0, 0.1) is 6.92 Å². The number of rotatable bonds is 3. The lowest BCUT2D eigenvalue weighted by Gasteiger charge is -2.16. The molecule has 2 N–H and O–H groups in total. The number of furan rings is 1. The molecule has 2 aromatic rings. The van der Waals surface area contributed by atoms with E-state index in [1.54, 1.807) is 6.26 Å². The quantitative estimate of drug-likeness (QED) is 0.859. The van der Waals surface area contributed by atoms with E-state index in [1.165, 1.54) is 0 Å². The van der Waals surface area contributed by atoms with Gasteiger partial charge in [0.1, 0.15) is 12.0 Å². The third kappa shape index (κ3) is 1.86. The minimum atomic E-state index is -0.555. The molecule has 0 saturated carbocycles. The molecular weight excluding hydrogens is 206 g/mol. The fourth-order valence-corrected chi connectivity index (χ4v) is 1.29. The Hall–Kier alpha value is -1.62. The molecule has 5 nitrogen and oxygen atoms in total. The summed E-state index contributed by atoms with van der Waals surface area (Å²) in [5.41, 5.74) is 6.25. The summed E-state index contributed by atoms with van der Waals surface area (Å²) in [4.78, 5) is 4.27. The van der Waals surface area contributed by atoms with Gasteiger partial charge in [-0.1, -0.05) is 12.1 Å². The molecule has 16 heavy (non-hydrogen) atoms. The monoisotopic (exact) mass is 221 g/mol. The predicted octanol–water partition coefficient (Wildman–Crippen LogP) is 2.22. The Morgan fingerprint density at radius 1 is 1.50 bits per heavy atom. The largest absolute Gasteiger partial charge is 0.469 e. The minimum Gasteiger partial charge on any atom is -0.469 e. The van der Waals surface area contributed by atoms with Crippen molar-refractivity contribution in [2.24, 2.45) is 5.73 Å². The zero-order chi connectivity index (χ0) is 11.8. The van der Waals surface area contributed by atoms with Crippen molar-refractivity contribution >= 4 is 0 Å². The number of aromatic nitrogens is 2. The second kappa shape index (κ2) is 3.75. The van der Waals surface area contributed by atoms with Crippen LogP contribution in [-0.2, 0) is 5.54 Å². The third-order valence-corrected chi connectivity index (χ3v) is 2.65. The van der Waals surface area contributed by atoms with Crippen molar-refractivity contribution in [1.29, 1.82) is 0 Å². The number of nitrogens with two attached hydrogens (primary N) is 1. The maximum absolute atomic E-state index is 6.03. The molecule has 1 atom stereocenters. The Balaban J connectivity index is 2.33. The SMILES string of the molecule is CCC(C)(N)c1noc(-c2coc(C)c2)n1. The first-order valence-corrected chi connectivity index (χ1v) is 5.21. The van der Waals surface area contributed by atoms with Gasteiger partial charge in [-0.05, 0) is 26.3 Å². The van der Waals surface area contributed by atoms with Crippen LogP contribution in [0.15, 0.2) is 21.3 Å². The van der Waals surface area contributed by atoms with Gasteiger partial charge < -0.3 is 14.7 Å². The highest BCUT2D eigenvalue weighted by Crippen LogP contribution is 2.24. The van der Waals surface area contributed by atoms with E-state index in [0.717, 1.165) is 17.7 Å². The van der Waals surface area contributed by atoms with Crippen LogP contribution in [0.3, 0.4) is 0 Å². The molecule has 86 valence electrons. The molecule has 2 rings (SSSR count). The zero-order valence-electron chi connectivity index (χ0n) is 9.65. The van der Waals surface area contributed by atoms with E-state index in [1.807, 2.05) is 26.8 Å². The molecule has 0 radical (unpaired) electrons. The van der Waals surface area contributed by atoms with Gasteiger partial charge in [0.25, 0.3) is 5.89 Å². The van der Waals surface area contributed by atoms with Crippen LogP contribution in [-0.4, -0.2) is 10.1 Å². The van der Waals surface area contributed by atoms with Crippen LogP contribution in [0.2, 0.25) is 0 Å². The highest BCUT2D eigenvalue weighted by molar-refractivity contribution is 5.51. The summed E-state index contributed by atoms with van der Waals surface area (Å²) in [6.07, 6.45) is 2.34. The number of aryl methyl sites for hydroxylation is 1. The second-order valence-corrected chi connectivity index (χ2v) is 4.14. The molecule has 0 aliphatic rings. The summed E-state index contributed by atoms with van der Waals surface area (Å²) in [6.45, 7) is 5.72. The van der Waals surface area contributed by atoms with Crippen molar-refractivity contribution in [3.05, 3.63) is 23.9 Å². The number of hydrogen-bond donors (Lipinski definition) is 1. The highest BCUT2D eigenvalue weighted by Gasteiger charge is 2.25. The Morgan fingerprint density at radius 2 is 2.25 bits per heavy atom. The van der Waals surface area contributed by atoms with Crippen LogP contribution in [0.4, 0.5) is 0 Å². The van der Waals surface area contributed by atoms with Gasteiger partial charge in [0, 0.05) is 0 Å². The van der Waals surface area contributed by atoms with Crippen LogP contribution in [0.25, 0.3) is 11.5 Å².